The van der Waals surface area contributed by atoms with E-state index >= 15 is 0 Å². The number of pyridine rings is 2. The fourth-order valence-electron chi connectivity index (χ4n) is 3.76. The number of nitrogens with zero attached hydrogens (tertiary/aromatic N) is 4. The maximum Gasteiger partial charge on any atom is 0.338 e. The van der Waals surface area contributed by atoms with Crippen LogP contribution in [0.5, 0.6) is 11.5 Å². The van der Waals surface area contributed by atoms with Crippen molar-refractivity contribution in [2.24, 2.45) is 0 Å². The summed E-state index contributed by atoms with van der Waals surface area (Å²) in [5.74, 6) is 0.349. The Labute approximate surface area is 188 Å². The number of nitro benzene ring substituents is 1. The summed E-state index contributed by atoms with van der Waals surface area (Å²) in [6, 6.07) is 11.7. The lowest BCUT2D eigenvalue weighted by atomic mass is 10.1. The first kappa shape index (κ1) is 21.8. The zero-order valence-electron chi connectivity index (χ0n) is 18.4. The molecule has 0 amide bonds. The first-order valence-electron chi connectivity index (χ1n) is 9.81. The Morgan fingerprint density at radius 1 is 1.09 bits per heavy atom. The Balaban J connectivity index is 2.01. The topological polar surface area (TPSA) is 117 Å². The number of para-hydroxylation sites is 1. The van der Waals surface area contributed by atoms with Crippen molar-refractivity contribution in [2.45, 2.75) is 0 Å². The van der Waals surface area contributed by atoms with E-state index in [-0.39, 0.29) is 28.1 Å². The minimum Gasteiger partial charge on any atom is -0.493 e. The molecule has 0 bridgehead atoms. The maximum atomic E-state index is 12.5. The maximum absolute atomic E-state index is 12.5. The minimum atomic E-state index is -0.514. The summed E-state index contributed by atoms with van der Waals surface area (Å²) < 4.78 is 15.7. The van der Waals surface area contributed by atoms with Crippen LogP contribution in [0.3, 0.4) is 0 Å². The number of non-ortho nitro benzene ring substituents is 1. The van der Waals surface area contributed by atoms with Crippen LogP contribution in [0, 0.1) is 10.1 Å². The zero-order valence-corrected chi connectivity index (χ0v) is 18.4. The summed E-state index contributed by atoms with van der Waals surface area (Å²) in [5.41, 5.74) is 1.42. The predicted octanol–water partition coefficient (Wildman–Crippen LogP) is 4.26. The Bertz CT molecular complexity index is 1410. The summed E-state index contributed by atoms with van der Waals surface area (Å²) >= 11 is 0. The smallest absolute Gasteiger partial charge is 0.338 e. The molecule has 0 saturated carbocycles. The van der Waals surface area contributed by atoms with Gasteiger partial charge in [-0.05, 0) is 18.2 Å². The van der Waals surface area contributed by atoms with Crippen molar-refractivity contribution in [1.82, 2.24) is 9.97 Å². The Morgan fingerprint density at radius 2 is 1.85 bits per heavy atom. The predicted molar refractivity (Wildman–Crippen MR) is 123 cm³/mol. The molecule has 0 spiro atoms. The molecule has 0 N–H and O–H groups in total. The number of hydrogen-bond acceptors (Lipinski definition) is 9. The molecule has 0 aliphatic carbocycles. The highest BCUT2D eigenvalue weighted by atomic mass is 16.6. The van der Waals surface area contributed by atoms with Crippen molar-refractivity contribution in [3.63, 3.8) is 0 Å². The van der Waals surface area contributed by atoms with E-state index in [2.05, 4.69) is 9.97 Å². The lowest BCUT2D eigenvalue weighted by Gasteiger charge is -2.22. The van der Waals surface area contributed by atoms with E-state index in [1.807, 2.05) is 6.07 Å². The summed E-state index contributed by atoms with van der Waals surface area (Å²) in [4.78, 5) is 34.5. The summed E-state index contributed by atoms with van der Waals surface area (Å²) in [6.45, 7) is 0. The number of benzene rings is 2. The van der Waals surface area contributed by atoms with Crippen LogP contribution in [0.2, 0.25) is 0 Å². The highest BCUT2D eigenvalue weighted by molar-refractivity contribution is 6.06. The number of rotatable bonds is 6. The van der Waals surface area contributed by atoms with Crippen LogP contribution in [0.25, 0.3) is 21.8 Å². The summed E-state index contributed by atoms with van der Waals surface area (Å²) in [6.07, 6.45) is 1.52. The Kier molecular flexibility index (Phi) is 5.65. The van der Waals surface area contributed by atoms with Gasteiger partial charge < -0.3 is 19.1 Å². The molecule has 2 aromatic heterocycles. The average molecular weight is 448 g/mol. The van der Waals surface area contributed by atoms with Gasteiger partial charge in [-0.25, -0.2) is 9.78 Å². The molecule has 0 atom stereocenters. The second kappa shape index (κ2) is 8.58. The largest absolute Gasteiger partial charge is 0.493 e. The number of anilines is 2. The molecule has 0 aliphatic rings. The molecular formula is C23H20N4O6. The molecule has 168 valence electrons. The normalized spacial score (nSPS) is 10.8. The molecule has 33 heavy (non-hydrogen) atoms. The number of ether oxygens (including phenoxy) is 3. The number of nitro groups is 1. The number of carbonyl (C=O) groups is 1. The average Bonchev–Trinajstić information content (AvgIpc) is 2.85. The number of carbonyl (C=O) groups excluding carboxylic acids is 1. The second-order valence-electron chi connectivity index (χ2n) is 7.04. The van der Waals surface area contributed by atoms with Crippen molar-refractivity contribution in [1.29, 1.82) is 0 Å². The molecule has 2 heterocycles. The Hall–Kier alpha value is -4.47. The fourth-order valence-corrected chi connectivity index (χ4v) is 3.76. The molecular weight excluding hydrogens is 428 g/mol. The van der Waals surface area contributed by atoms with Gasteiger partial charge in [-0.3, -0.25) is 15.1 Å². The van der Waals surface area contributed by atoms with E-state index in [0.717, 1.165) is 0 Å². The van der Waals surface area contributed by atoms with Gasteiger partial charge in [0.2, 0.25) is 0 Å². The molecule has 10 nitrogen and oxygen atoms in total. The van der Waals surface area contributed by atoms with Crippen molar-refractivity contribution < 1.29 is 23.9 Å². The lowest BCUT2D eigenvalue weighted by molar-refractivity contribution is -0.383. The van der Waals surface area contributed by atoms with E-state index in [1.165, 1.54) is 33.6 Å². The monoisotopic (exact) mass is 448 g/mol. The van der Waals surface area contributed by atoms with Gasteiger partial charge in [-0.15, -0.1) is 0 Å². The van der Waals surface area contributed by atoms with Gasteiger partial charge in [-0.1, -0.05) is 18.2 Å². The van der Waals surface area contributed by atoms with Crippen LogP contribution in [0.15, 0.2) is 48.7 Å². The number of fused-ring (bicyclic) bond motifs is 2. The van der Waals surface area contributed by atoms with E-state index in [1.54, 1.807) is 42.3 Å². The second-order valence-corrected chi connectivity index (χ2v) is 7.04. The highest BCUT2D eigenvalue weighted by Gasteiger charge is 2.26. The molecule has 4 aromatic rings. The lowest BCUT2D eigenvalue weighted by Crippen LogP contribution is -2.14. The molecule has 0 fully saturated rings. The van der Waals surface area contributed by atoms with E-state index in [4.69, 9.17) is 14.2 Å². The summed E-state index contributed by atoms with van der Waals surface area (Å²) in [5, 5.41) is 12.8. The van der Waals surface area contributed by atoms with Crippen LogP contribution in [-0.2, 0) is 4.74 Å². The van der Waals surface area contributed by atoms with E-state index in [0.29, 0.717) is 28.0 Å². The van der Waals surface area contributed by atoms with Crippen LogP contribution in [0.1, 0.15) is 10.4 Å². The molecule has 0 unspecified atom stereocenters. The third-order valence-corrected chi connectivity index (χ3v) is 5.33. The van der Waals surface area contributed by atoms with Crippen molar-refractivity contribution in [3.05, 3.63) is 64.3 Å². The SMILES string of the molecule is COC(=O)c1cc(N(C)c2ccnc3c(OC)c(OC)cc([N+](=O)[O-])c23)nc2ccccc12. The van der Waals surface area contributed by atoms with Gasteiger partial charge in [-0.2, -0.15) is 0 Å². The van der Waals surface area contributed by atoms with Crippen molar-refractivity contribution in [3.8, 4) is 11.5 Å². The molecule has 4 rings (SSSR count). The molecule has 2 aromatic carbocycles. The number of hydrogen-bond donors (Lipinski definition) is 0. The third kappa shape index (κ3) is 3.61. The number of aromatic nitrogens is 2. The quantitative estimate of drug-likeness (QED) is 0.242. The molecule has 10 heteroatoms. The molecule has 0 radical (unpaired) electrons. The van der Waals surface area contributed by atoms with Crippen LogP contribution < -0.4 is 14.4 Å². The van der Waals surface area contributed by atoms with Gasteiger partial charge in [0, 0.05) is 18.6 Å². The summed E-state index contributed by atoms with van der Waals surface area (Å²) in [7, 11) is 5.85. The highest BCUT2D eigenvalue weighted by Crippen LogP contribution is 2.44. The van der Waals surface area contributed by atoms with Gasteiger partial charge >= 0.3 is 5.97 Å². The molecule has 0 aliphatic heterocycles. The number of esters is 1. The van der Waals surface area contributed by atoms with Crippen LogP contribution >= 0.6 is 0 Å². The van der Waals surface area contributed by atoms with Crippen molar-refractivity contribution >= 4 is 45.0 Å². The standard InChI is InChI=1S/C23H20N4O6/c1-26(19-11-14(23(28)33-4)13-7-5-6-8-15(13)25-19)16-9-10-24-21-20(16)17(27(29)30)12-18(31-2)22(21)32-3/h5-12H,1-4H3. The van der Waals surface area contributed by atoms with E-state index < -0.39 is 10.9 Å². The van der Waals surface area contributed by atoms with Gasteiger partial charge in [0.25, 0.3) is 5.69 Å². The van der Waals surface area contributed by atoms with Gasteiger partial charge in [0.05, 0.1) is 49.1 Å². The zero-order chi connectivity index (χ0) is 23.7. The number of methoxy groups -OCH3 is 3. The van der Waals surface area contributed by atoms with Crippen LogP contribution in [-0.4, -0.2) is 49.2 Å². The fraction of sp³-hybridized carbons (Fsp3) is 0.174. The minimum absolute atomic E-state index is 0.195. The third-order valence-electron chi connectivity index (χ3n) is 5.33. The Morgan fingerprint density at radius 3 is 2.52 bits per heavy atom. The van der Waals surface area contributed by atoms with Crippen LogP contribution in [0.4, 0.5) is 17.2 Å². The van der Waals surface area contributed by atoms with Crippen molar-refractivity contribution in [2.75, 3.05) is 33.3 Å². The first-order valence-corrected chi connectivity index (χ1v) is 9.81. The first-order chi connectivity index (χ1) is 15.9. The molecule has 0 saturated heterocycles. The van der Waals surface area contributed by atoms with Gasteiger partial charge in [0.15, 0.2) is 11.5 Å². The van der Waals surface area contributed by atoms with Gasteiger partial charge in [0.1, 0.15) is 16.7 Å². The van der Waals surface area contributed by atoms with E-state index in [9.17, 15) is 14.9 Å².